The molecule has 0 amide bonds. The van der Waals surface area contributed by atoms with E-state index < -0.39 is 17.9 Å². The Morgan fingerprint density at radius 3 is 1.65 bits per heavy atom. The zero-order chi connectivity index (χ0) is 16.3. The van der Waals surface area contributed by atoms with Gasteiger partial charge >= 0.3 is 11.9 Å². The van der Waals surface area contributed by atoms with Gasteiger partial charge in [-0.15, -0.1) is 0 Å². The molecule has 0 rings (SSSR count). The fraction of sp³-hybridized carbons (Fsp3) is 0.714. The Morgan fingerprint density at radius 1 is 0.850 bits per heavy atom. The van der Waals surface area contributed by atoms with E-state index >= 15 is 0 Å². The van der Waals surface area contributed by atoms with E-state index in [-0.39, 0.29) is 30.3 Å². The van der Waals surface area contributed by atoms with Crippen LogP contribution in [0.3, 0.4) is 0 Å². The number of carbonyl (C=O) groups excluding carboxylic acids is 2. The fourth-order valence-corrected chi connectivity index (χ4v) is 1.30. The maximum atomic E-state index is 10.8. The number of hydrogen-bond donors (Lipinski definition) is 2. The Kier molecular flexibility index (Phi) is 11.5. The molecule has 0 fully saturated rings. The van der Waals surface area contributed by atoms with E-state index in [0.717, 1.165) is 0 Å². The molecule has 0 aliphatic heterocycles. The SMILES string of the molecule is CCC(=O)C(C)CC(=O)O.CCC(=O)CC(C)C(=O)O. The van der Waals surface area contributed by atoms with Gasteiger partial charge in [0.15, 0.2) is 0 Å². The van der Waals surface area contributed by atoms with Gasteiger partial charge < -0.3 is 10.2 Å². The highest BCUT2D eigenvalue weighted by molar-refractivity contribution is 5.84. The molecule has 0 radical (unpaired) electrons. The third-order valence-corrected chi connectivity index (χ3v) is 2.73. The van der Waals surface area contributed by atoms with E-state index in [1.165, 1.54) is 6.92 Å². The molecule has 0 aromatic rings. The first-order valence-electron chi connectivity index (χ1n) is 6.64. The molecule has 0 saturated heterocycles. The van der Waals surface area contributed by atoms with Gasteiger partial charge in [0.25, 0.3) is 0 Å². The monoisotopic (exact) mass is 288 g/mol. The summed E-state index contributed by atoms with van der Waals surface area (Å²) in [5.41, 5.74) is 0. The second-order valence-electron chi connectivity index (χ2n) is 4.65. The number of carboxylic acids is 2. The summed E-state index contributed by atoms with van der Waals surface area (Å²) in [6, 6.07) is 0. The van der Waals surface area contributed by atoms with Crippen molar-refractivity contribution in [2.24, 2.45) is 11.8 Å². The molecule has 0 heterocycles. The first-order valence-corrected chi connectivity index (χ1v) is 6.64. The minimum Gasteiger partial charge on any atom is -0.481 e. The highest BCUT2D eigenvalue weighted by Crippen LogP contribution is 2.05. The van der Waals surface area contributed by atoms with Crippen molar-refractivity contribution in [2.75, 3.05) is 0 Å². The van der Waals surface area contributed by atoms with Crippen LogP contribution in [0, 0.1) is 11.8 Å². The van der Waals surface area contributed by atoms with Crippen LogP contribution in [-0.4, -0.2) is 33.7 Å². The van der Waals surface area contributed by atoms with Gasteiger partial charge in [-0.1, -0.05) is 27.7 Å². The topological polar surface area (TPSA) is 109 Å². The standard InChI is InChI=1S/2C7H12O3/c1-3-6(8)5(2)4-7(9)10;1-3-6(8)4-5(2)7(9)10/h2*5H,3-4H2,1-2H3,(H,9,10). The maximum Gasteiger partial charge on any atom is 0.306 e. The third kappa shape index (κ3) is 11.4. The van der Waals surface area contributed by atoms with Crippen molar-refractivity contribution in [1.82, 2.24) is 0 Å². The summed E-state index contributed by atoms with van der Waals surface area (Å²) >= 11 is 0. The Bertz CT molecular complexity index is 348. The number of aliphatic carboxylic acids is 2. The predicted octanol–water partition coefficient (Wildman–Crippen LogP) is 2.15. The van der Waals surface area contributed by atoms with Crippen molar-refractivity contribution < 1.29 is 29.4 Å². The lowest BCUT2D eigenvalue weighted by Gasteiger charge is -2.03. The average molecular weight is 288 g/mol. The molecule has 0 aromatic heterocycles. The Morgan fingerprint density at radius 2 is 1.35 bits per heavy atom. The van der Waals surface area contributed by atoms with E-state index in [0.29, 0.717) is 12.8 Å². The lowest BCUT2D eigenvalue weighted by Crippen LogP contribution is -2.13. The number of rotatable bonds is 8. The lowest BCUT2D eigenvalue weighted by molar-refractivity contribution is -0.143. The van der Waals surface area contributed by atoms with Crippen molar-refractivity contribution >= 4 is 23.5 Å². The average Bonchev–Trinajstić information content (AvgIpc) is 2.37. The molecule has 0 aliphatic rings. The smallest absolute Gasteiger partial charge is 0.306 e. The summed E-state index contributed by atoms with van der Waals surface area (Å²) in [6.45, 7) is 6.65. The molecule has 20 heavy (non-hydrogen) atoms. The summed E-state index contributed by atoms with van der Waals surface area (Å²) in [6.07, 6.45) is 0.963. The molecule has 2 N–H and O–H groups in total. The van der Waals surface area contributed by atoms with Gasteiger partial charge in [-0.2, -0.15) is 0 Å². The van der Waals surface area contributed by atoms with Crippen molar-refractivity contribution in [1.29, 1.82) is 0 Å². The predicted molar refractivity (Wildman–Crippen MR) is 73.4 cm³/mol. The maximum absolute atomic E-state index is 10.8. The van der Waals surface area contributed by atoms with Crippen LogP contribution in [0.2, 0.25) is 0 Å². The fourth-order valence-electron chi connectivity index (χ4n) is 1.30. The van der Waals surface area contributed by atoms with E-state index in [4.69, 9.17) is 10.2 Å². The Balaban J connectivity index is 0. The molecule has 0 aliphatic carbocycles. The number of ketones is 2. The molecule has 6 nitrogen and oxygen atoms in total. The van der Waals surface area contributed by atoms with Crippen LogP contribution in [0.1, 0.15) is 53.4 Å². The van der Waals surface area contributed by atoms with Gasteiger partial charge in [0.1, 0.15) is 11.6 Å². The van der Waals surface area contributed by atoms with Crippen LogP contribution in [0.4, 0.5) is 0 Å². The largest absolute Gasteiger partial charge is 0.481 e. The third-order valence-electron chi connectivity index (χ3n) is 2.73. The van der Waals surface area contributed by atoms with Crippen LogP contribution in [0.15, 0.2) is 0 Å². The van der Waals surface area contributed by atoms with Gasteiger partial charge in [0.05, 0.1) is 12.3 Å². The van der Waals surface area contributed by atoms with Crippen LogP contribution >= 0.6 is 0 Å². The second-order valence-corrected chi connectivity index (χ2v) is 4.65. The quantitative estimate of drug-likeness (QED) is 0.708. The Labute approximate surface area is 119 Å². The van der Waals surface area contributed by atoms with Crippen molar-refractivity contribution in [3.8, 4) is 0 Å². The summed E-state index contributed by atoms with van der Waals surface area (Å²) in [5.74, 6) is -2.65. The molecule has 6 heteroatoms. The zero-order valence-electron chi connectivity index (χ0n) is 12.5. The molecular formula is C14H24O6. The summed E-state index contributed by atoms with van der Waals surface area (Å²) < 4.78 is 0. The van der Waals surface area contributed by atoms with E-state index in [1.54, 1.807) is 20.8 Å². The van der Waals surface area contributed by atoms with Crippen molar-refractivity contribution in [3.05, 3.63) is 0 Å². The van der Waals surface area contributed by atoms with Crippen molar-refractivity contribution in [2.45, 2.75) is 53.4 Å². The minimum absolute atomic E-state index is 0.00917. The van der Waals surface area contributed by atoms with Crippen LogP contribution in [0.25, 0.3) is 0 Å². The van der Waals surface area contributed by atoms with E-state index in [1.807, 2.05) is 0 Å². The number of carbonyl (C=O) groups is 4. The highest BCUT2D eigenvalue weighted by atomic mass is 16.4. The van der Waals surface area contributed by atoms with E-state index in [9.17, 15) is 19.2 Å². The molecule has 0 aromatic carbocycles. The first-order chi connectivity index (χ1) is 9.15. The second kappa shape index (κ2) is 11.1. The molecule has 116 valence electrons. The normalized spacial score (nSPS) is 12.6. The van der Waals surface area contributed by atoms with Crippen molar-refractivity contribution in [3.63, 3.8) is 0 Å². The Hall–Kier alpha value is -1.72. The van der Waals surface area contributed by atoms with Gasteiger partial charge in [0, 0.05) is 25.2 Å². The molecule has 2 atom stereocenters. The number of Topliss-reactive ketones (excluding diaryl/α,β-unsaturated/α-hetero) is 2. The van der Waals surface area contributed by atoms with Gasteiger partial charge in [-0.05, 0) is 0 Å². The van der Waals surface area contributed by atoms with Crippen LogP contribution < -0.4 is 0 Å². The van der Waals surface area contributed by atoms with Gasteiger partial charge in [-0.25, -0.2) is 0 Å². The summed E-state index contributed by atoms with van der Waals surface area (Å²) in [7, 11) is 0. The first kappa shape index (κ1) is 20.6. The van der Waals surface area contributed by atoms with Gasteiger partial charge in [-0.3, -0.25) is 19.2 Å². The molecule has 0 bridgehead atoms. The zero-order valence-corrected chi connectivity index (χ0v) is 12.5. The van der Waals surface area contributed by atoms with Crippen LogP contribution in [-0.2, 0) is 19.2 Å². The number of hydrogen-bond acceptors (Lipinski definition) is 4. The molecule has 0 spiro atoms. The molecule has 2 unspecified atom stereocenters. The number of carboxylic acid groups (broad SMARTS) is 2. The van der Waals surface area contributed by atoms with Crippen LogP contribution in [0.5, 0.6) is 0 Å². The summed E-state index contributed by atoms with van der Waals surface area (Å²) in [5, 5.41) is 16.7. The van der Waals surface area contributed by atoms with E-state index in [2.05, 4.69) is 0 Å². The van der Waals surface area contributed by atoms with Gasteiger partial charge in [0.2, 0.25) is 0 Å². The highest BCUT2D eigenvalue weighted by Gasteiger charge is 2.14. The lowest BCUT2D eigenvalue weighted by atomic mass is 10.0. The summed E-state index contributed by atoms with van der Waals surface area (Å²) in [4.78, 5) is 41.7. The minimum atomic E-state index is -0.908. The molecular weight excluding hydrogens is 264 g/mol. The molecule has 0 saturated carbocycles.